The van der Waals surface area contributed by atoms with Gasteiger partial charge in [-0.05, 0) is 42.7 Å². The van der Waals surface area contributed by atoms with Gasteiger partial charge in [0.05, 0.1) is 17.8 Å². The standard InChI is InChI=1S/C18H15FN2O2S/c1-24-17-5-3-2-4-15(17)20-18(22)11-14-10-16(23-21-14)12-6-8-13(19)9-7-12/h2-10H,11H2,1H3,(H,20,22). The van der Waals surface area contributed by atoms with Crippen molar-refractivity contribution in [1.82, 2.24) is 5.16 Å². The molecule has 0 fully saturated rings. The number of rotatable bonds is 5. The Labute approximate surface area is 143 Å². The summed E-state index contributed by atoms with van der Waals surface area (Å²) in [7, 11) is 0. The van der Waals surface area contributed by atoms with E-state index in [0.717, 1.165) is 10.6 Å². The lowest BCUT2D eigenvalue weighted by atomic mass is 10.1. The first kappa shape index (κ1) is 16.3. The summed E-state index contributed by atoms with van der Waals surface area (Å²) in [5.74, 6) is 0.0168. The third-order valence-corrected chi connectivity index (χ3v) is 4.21. The summed E-state index contributed by atoms with van der Waals surface area (Å²) in [6, 6.07) is 15.2. The minimum absolute atomic E-state index is 0.105. The Hall–Kier alpha value is -2.60. The van der Waals surface area contributed by atoms with Crippen molar-refractivity contribution in [3.8, 4) is 11.3 Å². The van der Waals surface area contributed by atoms with Crippen LogP contribution in [0.5, 0.6) is 0 Å². The van der Waals surface area contributed by atoms with Crippen molar-refractivity contribution >= 4 is 23.4 Å². The zero-order chi connectivity index (χ0) is 16.9. The monoisotopic (exact) mass is 342 g/mol. The van der Waals surface area contributed by atoms with E-state index in [2.05, 4.69) is 10.5 Å². The Morgan fingerprint density at radius 2 is 1.96 bits per heavy atom. The van der Waals surface area contributed by atoms with E-state index in [1.165, 1.54) is 12.1 Å². The van der Waals surface area contributed by atoms with Crippen molar-refractivity contribution in [3.63, 3.8) is 0 Å². The van der Waals surface area contributed by atoms with E-state index in [-0.39, 0.29) is 18.1 Å². The molecule has 0 spiro atoms. The van der Waals surface area contributed by atoms with Crippen LogP contribution in [0.25, 0.3) is 11.3 Å². The number of amides is 1. The molecule has 24 heavy (non-hydrogen) atoms. The third kappa shape index (κ3) is 3.83. The van der Waals surface area contributed by atoms with Crippen LogP contribution in [-0.4, -0.2) is 17.3 Å². The van der Waals surface area contributed by atoms with Crippen molar-refractivity contribution in [3.05, 3.63) is 66.1 Å². The minimum Gasteiger partial charge on any atom is -0.356 e. The number of thioether (sulfide) groups is 1. The maximum Gasteiger partial charge on any atom is 0.230 e. The summed E-state index contributed by atoms with van der Waals surface area (Å²) in [6.07, 6.45) is 2.06. The second kappa shape index (κ2) is 7.31. The first-order chi connectivity index (χ1) is 11.7. The van der Waals surface area contributed by atoms with Gasteiger partial charge < -0.3 is 9.84 Å². The fraction of sp³-hybridized carbons (Fsp3) is 0.111. The summed E-state index contributed by atoms with van der Waals surface area (Å²) >= 11 is 1.57. The van der Waals surface area contributed by atoms with Crippen LogP contribution in [0.1, 0.15) is 5.69 Å². The number of nitrogens with one attached hydrogen (secondary N) is 1. The number of para-hydroxylation sites is 1. The molecule has 0 aliphatic rings. The minimum atomic E-state index is -0.315. The number of halogens is 1. The lowest BCUT2D eigenvalue weighted by molar-refractivity contribution is -0.115. The van der Waals surface area contributed by atoms with Crippen molar-refractivity contribution in [2.45, 2.75) is 11.3 Å². The van der Waals surface area contributed by atoms with Gasteiger partial charge in [0.25, 0.3) is 0 Å². The number of carbonyl (C=O) groups excluding carboxylic acids is 1. The number of hydrogen-bond donors (Lipinski definition) is 1. The fourth-order valence-electron chi connectivity index (χ4n) is 2.25. The molecule has 1 heterocycles. The Morgan fingerprint density at radius 3 is 2.71 bits per heavy atom. The van der Waals surface area contributed by atoms with E-state index in [0.29, 0.717) is 17.0 Å². The van der Waals surface area contributed by atoms with E-state index in [1.807, 2.05) is 30.5 Å². The second-order valence-electron chi connectivity index (χ2n) is 5.11. The molecule has 0 aliphatic heterocycles. The van der Waals surface area contributed by atoms with Crippen molar-refractivity contribution in [2.75, 3.05) is 11.6 Å². The largest absolute Gasteiger partial charge is 0.356 e. The molecule has 0 unspecified atom stereocenters. The number of hydrogen-bond acceptors (Lipinski definition) is 4. The van der Waals surface area contributed by atoms with Crippen LogP contribution in [0.15, 0.2) is 64.0 Å². The highest BCUT2D eigenvalue weighted by Gasteiger charge is 2.12. The molecular formula is C18H15FN2O2S. The molecule has 2 aromatic carbocycles. The van der Waals surface area contributed by atoms with Crippen LogP contribution in [0.4, 0.5) is 10.1 Å². The molecule has 1 aromatic heterocycles. The van der Waals surface area contributed by atoms with Crippen molar-refractivity contribution in [2.24, 2.45) is 0 Å². The molecule has 0 aliphatic carbocycles. The third-order valence-electron chi connectivity index (χ3n) is 3.41. The van der Waals surface area contributed by atoms with Crippen LogP contribution in [0, 0.1) is 5.82 Å². The van der Waals surface area contributed by atoms with Crippen LogP contribution in [-0.2, 0) is 11.2 Å². The lowest BCUT2D eigenvalue weighted by Gasteiger charge is -2.08. The van der Waals surface area contributed by atoms with Crippen LogP contribution in [0.2, 0.25) is 0 Å². The van der Waals surface area contributed by atoms with Gasteiger partial charge in [0.15, 0.2) is 5.76 Å². The van der Waals surface area contributed by atoms with Gasteiger partial charge in [0, 0.05) is 16.5 Å². The molecule has 3 aromatic rings. The summed E-state index contributed by atoms with van der Waals surface area (Å²) < 4.78 is 18.2. The normalized spacial score (nSPS) is 10.6. The fourth-order valence-corrected chi connectivity index (χ4v) is 2.81. The van der Waals surface area contributed by atoms with Gasteiger partial charge in [0.1, 0.15) is 5.82 Å². The van der Waals surface area contributed by atoms with E-state index in [4.69, 9.17) is 4.52 Å². The van der Waals surface area contributed by atoms with E-state index in [1.54, 1.807) is 30.0 Å². The van der Waals surface area contributed by atoms with Gasteiger partial charge in [-0.2, -0.15) is 0 Å². The molecular weight excluding hydrogens is 327 g/mol. The van der Waals surface area contributed by atoms with Gasteiger partial charge in [0.2, 0.25) is 5.91 Å². The van der Waals surface area contributed by atoms with Crippen LogP contribution in [0.3, 0.4) is 0 Å². The van der Waals surface area contributed by atoms with E-state index < -0.39 is 0 Å². The predicted octanol–water partition coefficient (Wildman–Crippen LogP) is 4.38. The highest BCUT2D eigenvalue weighted by molar-refractivity contribution is 7.98. The summed E-state index contributed by atoms with van der Waals surface area (Å²) in [5.41, 5.74) is 2.01. The van der Waals surface area contributed by atoms with Gasteiger partial charge in [-0.1, -0.05) is 17.3 Å². The Morgan fingerprint density at radius 1 is 1.21 bits per heavy atom. The zero-order valence-electron chi connectivity index (χ0n) is 13.0. The molecule has 0 atom stereocenters. The zero-order valence-corrected chi connectivity index (χ0v) is 13.8. The van der Waals surface area contributed by atoms with Crippen molar-refractivity contribution < 1.29 is 13.7 Å². The number of carbonyl (C=O) groups is 1. The topological polar surface area (TPSA) is 55.1 Å². The van der Waals surface area contributed by atoms with Gasteiger partial charge in [-0.25, -0.2) is 4.39 Å². The first-order valence-electron chi connectivity index (χ1n) is 7.30. The molecule has 1 N–H and O–H groups in total. The first-order valence-corrected chi connectivity index (χ1v) is 8.52. The molecule has 0 saturated heterocycles. The van der Waals surface area contributed by atoms with E-state index in [9.17, 15) is 9.18 Å². The Balaban J connectivity index is 1.68. The highest BCUT2D eigenvalue weighted by atomic mass is 32.2. The maximum absolute atomic E-state index is 12.9. The number of nitrogens with zero attached hydrogens (tertiary/aromatic N) is 1. The quantitative estimate of drug-likeness (QED) is 0.699. The highest BCUT2D eigenvalue weighted by Crippen LogP contribution is 2.25. The average molecular weight is 342 g/mol. The average Bonchev–Trinajstić information content (AvgIpc) is 3.04. The van der Waals surface area contributed by atoms with E-state index >= 15 is 0 Å². The molecule has 0 radical (unpaired) electrons. The molecule has 0 saturated carbocycles. The SMILES string of the molecule is CSc1ccccc1NC(=O)Cc1cc(-c2ccc(F)cc2)on1. The summed E-state index contributed by atoms with van der Waals surface area (Å²) in [5, 5.41) is 6.78. The Bertz CT molecular complexity index is 846. The van der Waals surface area contributed by atoms with Gasteiger partial charge in [-0.15, -0.1) is 11.8 Å². The molecule has 4 nitrogen and oxygen atoms in total. The lowest BCUT2D eigenvalue weighted by Crippen LogP contribution is -2.15. The smallest absolute Gasteiger partial charge is 0.230 e. The Kier molecular flexibility index (Phi) is 4.96. The summed E-state index contributed by atoms with van der Waals surface area (Å²) in [6.45, 7) is 0. The summed E-state index contributed by atoms with van der Waals surface area (Å²) in [4.78, 5) is 13.2. The molecule has 6 heteroatoms. The molecule has 1 amide bonds. The number of aromatic nitrogens is 1. The maximum atomic E-state index is 12.9. The van der Waals surface area contributed by atoms with Gasteiger partial charge >= 0.3 is 0 Å². The predicted molar refractivity (Wildman–Crippen MR) is 92.5 cm³/mol. The molecule has 122 valence electrons. The van der Waals surface area contributed by atoms with Gasteiger partial charge in [-0.3, -0.25) is 4.79 Å². The van der Waals surface area contributed by atoms with Crippen LogP contribution >= 0.6 is 11.8 Å². The number of anilines is 1. The molecule has 0 bridgehead atoms. The molecule has 3 rings (SSSR count). The number of benzene rings is 2. The van der Waals surface area contributed by atoms with Crippen molar-refractivity contribution in [1.29, 1.82) is 0 Å². The van der Waals surface area contributed by atoms with Crippen LogP contribution < -0.4 is 5.32 Å². The second-order valence-corrected chi connectivity index (χ2v) is 5.96.